The Labute approximate surface area is 106 Å². The third kappa shape index (κ3) is 4.19. The SMILES string of the molecule is C[Si](C)(C)OC(c1ccc(Br)s1)C(F)(F)F. The second-order valence-corrected chi connectivity index (χ2v) is 11.2. The number of halogens is 4. The molecule has 0 aromatic carbocycles. The largest absolute Gasteiger partial charge is 0.418 e. The molecular weight excluding hydrogens is 321 g/mol. The van der Waals surface area contributed by atoms with E-state index < -0.39 is 20.6 Å². The first kappa shape index (κ1) is 14.2. The topological polar surface area (TPSA) is 9.23 Å². The minimum absolute atomic E-state index is 0.196. The van der Waals surface area contributed by atoms with Gasteiger partial charge in [0.1, 0.15) is 0 Å². The van der Waals surface area contributed by atoms with Crippen molar-refractivity contribution in [3.05, 3.63) is 20.8 Å². The van der Waals surface area contributed by atoms with Gasteiger partial charge in [-0.15, -0.1) is 11.3 Å². The zero-order chi connectivity index (χ0) is 12.6. The Bertz CT molecular complexity index is 358. The lowest BCUT2D eigenvalue weighted by atomic mass is 10.3. The van der Waals surface area contributed by atoms with Gasteiger partial charge in [-0.3, -0.25) is 0 Å². The Balaban J connectivity index is 2.98. The third-order valence-electron chi connectivity index (χ3n) is 1.62. The molecule has 0 N–H and O–H groups in total. The predicted molar refractivity (Wildman–Crippen MR) is 65.2 cm³/mol. The van der Waals surface area contributed by atoms with Crippen LogP contribution >= 0.6 is 27.3 Å². The Morgan fingerprint density at radius 1 is 1.31 bits per heavy atom. The monoisotopic (exact) mass is 332 g/mol. The summed E-state index contributed by atoms with van der Waals surface area (Å²) < 4.78 is 44.4. The number of alkyl halides is 3. The molecule has 0 aliphatic heterocycles. The van der Waals surface area contributed by atoms with Crippen molar-refractivity contribution in [1.82, 2.24) is 0 Å². The second kappa shape index (κ2) is 4.79. The lowest BCUT2D eigenvalue weighted by Gasteiger charge is -2.27. The Morgan fingerprint density at radius 2 is 1.88 bits per heavy atom. The summed E-state index contributed by atoms with van der Waals surface area (Å²) in [5.41, 5.74) is 0. The van der Waals surface area contributed by atoms with Crippen molar-refractivity contribution in [2.75, 3.05) is 0 Å². The van der Waals surface area contributed by atoms with Crippen LogP contribution in [0.2, 0.25) is 19.6 Å². The molecule has 1 atom stereocenters. The number of thiophene rings is 1. The van der Waals surface area contributed by atoms with E-state index in [0.29, 0.717) is 3.79 Å². The summed E-state index contributed by atoms with van der Waals surface area (Å²) in [4.78, 5) is 0.196. The van der Waals surface area contributed by atoms with Crippen molar-refractivity contribution < 1.29 is 17.6 Å². The minimum Gasteiger partial charge on any atom is -0.402 e. The molecule has 1 rings (SSSR count). The Kier molecular flexibility index (Phi) is 4.26. The van der Waals surface area contributed by atoms with Gasteiger partial charge in [-0.1, -0.05) is 0 Å². The second-order valence-electron chi connectivity index (χ2n) is 4.29. The van der Waals surface area contributed by atoms with Gasteiger partial charge in [-0.25, -0.2) is 0 Å². The molecule has 0 bridgehead atoms. The fourth-order valence-electron chi connectivity index (χ4n) is 1.11. The van der Waals surface area contributed by atoms with Gasteiger partial charge in [0.25, 0.3) is 0 Å². The van der Waals surface area contributed by atoms with E-state index in [4.69, 9.17) is 4.43 Å². The van der Waals surface area contributed by atoms with Gasteiger partial charge in [0.15, 0.2) is 14.4 Å². The van der Waals surface area contributed by atoms with Gasteiger partial charge in [-0.05, 0) is 47.7 Å². The first-order valence-corrected chi connectivity index (χ1v) is 9.61. The number of rotatable bonds is 3. The molecule has 0 fully saturated rings. The molecule has 7 heteroatoms. The fourth-order valence-corrected chi connectivity index (χ4v) is 3.64. The molecule has 1 aromatic heterocycles. The summed E-state index contributed by atoms with van der Waals surface area (Å²) in [5.74, 6) is 0. The first-order chi connectivity index (χ1) is 7.09. The highest BCUT2D eigenvalue weighted by atomic mass is 79.9. The Hall–Kier alpha value is 0.147. The molecule has 1 unspecified atom stereocenters. The fraction of sp³-hybridized carbons (Fsp3) is 0.556. The number of hydrogen-bond donors (Lipinski definition) is 0. The van der Waals surface area contributed by atoms with E-state index in [1.807, 2.05) is 0 Å². The van der Waals surface area contributed by atoms with Crippen molar-refractivity contribution in [2.24, 2.45) is 0 Å². The maximum absolute atomic E-state index is 12.8. The lowest BCUT2D eigenvalue weighted by molar-refractivity contribution is -0.199. The van der Waals surface area contributed by atoms with E-state index in [2.05, 4.69) is 15.9 Å². The molecule has 1 aromatic rings. The summed E-state index contributed by atoms with van der Waals surface area (Å²) in [7, 11) is -2.23. The minimum atomic E-state index is -4.36. The Morgan fingerprint density at radius 3 is 2.19 bits per heavy atom. The van der Waals surface area contributed by atoms with E-state index in [1.165, 1.54) is 6.07 Å². The molecule has 0 aliphatic rings. The van der Waals surface area contributed by atoms with Gasteiger partial charge in [0, 0.05) is 4.88 Å². The van der Waals surface area contributed by atoms with Crippen LogP contribution in [0.5, 0.6) is 0 Å². The van der Waals surface area contributed by atoms with Gasteiger partial charge in [-0.2, -0.15) is 13.2 Å². The molecule has 1 nitrogen and oxygen atoms in total. The molecule has 92 valence electrons. The van der Waals surface area contributed by atoms with Crippen molar-refractivity contribution >= 4 is 35.6 Å². The molecule has 16 heavy (non-hydrogen) atoms. The predicted octanol–water partition coefficient (Wildman–Crippen LogP) is 4.97. The molecule has 0 aliphatic carbocycles. The lowest BCUT2D eigenvalue weighted by Crippen LogP contribution is -2.34. The molecule has 1 heterocycles. The average Bonchev–Trinajstić information content (AvgIpc) is 2.43. The molecule has 0 radical (unpaired) electrons. The standard InChI is InChI=1S/C9H12BrF3OSSi/c1-16(2,3)14-8(9(11,12)13)6-4-5-7(10)15-6/h4-5,8H,1-3H3. The summed E-state index contributed by atoms with van der Waals surface area (Å²) >= 11 is 4.21. The van der Waals surface area contributed by atoms with Crippen molar-refractivity contribution in [1.29, 1.82) is 0 Å². The normalized spacial score (nSPS) is 15.2. The van der Waals surface area contributed by atoms with Crippen LogP contribution in [0.1, 0.15) is 11.0 Å². The highest BCUT2D eigenvalue weighted by molar-refractivity contribution is 9.11. The van der Waals surface area contributed by atoms with Crippen LogP contribution in [0, 0.1) is 0 Å². The smallest absolute Gasteiger partial charge is 0.402 e. The molecule has 0 saturated heterocycles. The average molecular weight is 333 g/mol. The molecule has 0 saturated carbocycles. The van der Waals surface area contributed by atoms with Gasteiger partial charge in [0.2, 0.25) is 0 Å². The zero-order valence-corrected chi connectivity index (χ0v) is 12.5. The molecule has 0 spiro atoms. The highest BCUT2D eigenvalue weighted by Gasteiger charge is 2.44. The van der Waals surface area contributed by atoms with Crippen LogP contribution in [0.4, 0.5) is 13.2 Å². The van der Waals surface area contributed by atoms with Crippen LogP contribution in [-0.4, -0.2) is 14.5 Å². The summed E-state index contributed by atoms with van der Waals surface area (Å²) in [6.45, 7) is 5.23. The van der Waals surface area contributed by atoms with Crippen LogP contribution in [0.15, 0.2) is 15.9 Å². The maximum atomic E-state index is 12.8. The third-order valence-corrected chi connectivity index (χ3v) is 4.23. The highest BCUT2D eigenvalue weighted by Crippen LogP contribution is 2.41. The van der Waals surface area contributed by atoms with E-state index in [9.17, 15) is 13.2 Å². The van der Waals surface area contributed by atoms with Crippen LogP contribution < -0.4 is 0 Å². The van der Waals surface area contributed by atoms with Gasteiger partial charge in [0.05, 0.1) is 3.79 Å². The quantitative estimate of drug-likeness (QED) is 0.710. The van der Waals surface area contributed by atoms with Gasteiger partial charge < -0.3 is 4.43 Å². The van der Waals surface area contributed by atoms with Crippen LogP contribution in [0.3, 0.4) is 0 Å². The van der Waals surface area contributed by atoms with E-state index in [-0.39, 0.29) is 4.88 Å². The maximum Gasteiger partial charge on any atom is 0.418 e. The summed E-state index contributed by atoms with van der Waals surface area (Å²) in [6, 6.07) is 3.05. The van der Waals surface area contributed by atoms with Crippen molar-refractivity contribution in [3.63, 3.8) is 0 Å². The molecular formula is C9H12BrF3OSSi. The van der Waals surface area contributed by atoms with Crippen LogP contribution in [0.25, 0.3) is 0 Å². The first-order valence-electron chi connectivity index (χ1n) is 4.59. The van der Waals surface area contributed by atoms with E-state index in [0.717, 1.165) is 11.3 Å². The van der Waals surface area contributed by atoms with Crippen LogP contribution in [-0.2, 0) is 4.43 Å². The molecule has 0 amide bonds. The van der Waals surface area contributed by atoms with Crippen molar-refractivity contribution in [2.45, 2.75) is 31.9 Å². The van der Waals surface area contributed by atoms with Gasteiger partial charge >= 0.3 is 6.18 Å². The van der Waals surface area contributed by atoms with E-state index >= 15 is 0 Å². The summed E-state index contributed by atoms with van der Waals surface area (Å²) in [5, 5.41) is 0. The summed E-state index contributed by atoms with van der Waals surface area (Å²) in [6.07, 6.45) is -6.15. The number of hydrogen-bond acceptors (Lipinski definition) is 2. The zero-order valence-electron chi connectivity index (χ0n) is 9.06. The van der Waals surface area contributed by atoms with Crippen molar-refractivity contribution in [3.8, 4) is 0 Å². The van der Waals surface area contributed by atoms with E-state index in [1.54, 1.807) is 25.7 Å².